The van der Waals surface area contributed by atoms with Crippen LogP contribution >= 0.6 is 0 Å². The number of amides is 1. The van der Waals surface area contributed by atoms with E-state index in [-0.39, 0.29) is 30.4 Å². The zero-order valence-electron chi connectivity index (χ0n) is 22.4. The number of carbonyl (C=O) groups excluding carboxylic acids is 2. The predicted octanol–water partition coefficient (Wildman–Crippen LogP) is 5.05. The summed E-state index contributed by atoms with van der Waals surface area (Å²) in [7, 11) is 5.30. The number of carboxylic acids is 1. The fraction of sp³-hybridized carbons (Fsp3) is 0.414. The first-order valence-electron chi connectivity index (χ1n) is 12.6. The maximum absolute atomic E-state index is 13.3. The van der Waals surface area contributed by atoms with Gasteiger partial charge in [0.15, 0.2) is 5.78 Å². The molecule has 0 saturated heterocycles. The number of ketones is 1. The summed E-state index contributed by atoms with van der Waals surface area (Å²) in [4.78, 5) is 46.0. The van der Waals surface area contributed by atoms with Crippen LogP contribution in [0.4, 0.5) is 5.69 Å². The van der Waals surface area contributed by atoms with E-state index in [9.17, 15) is 14.4 Å². The second-order valence-corrected chi connectivity index (χ2v) is 9.80. The molecule has 2 heterocycles. The van der Waals surface area contributed by atoms with Crippen LogP contribution in [0.15, 0.2) is 36.5 Å². The Morgan fingerprint density at radius 1 is 1.18 bits per heavy atom. The van der Waals surface area contributed by atoms with Crippen molar-refractivity contribution < 1.29 is 24.2 Å². The second kappa shape index (κ2) is 13.0. The Bertz CT molecular complexity index is 1370. The number of nitrogens with zero attached hydrogens (tertiary/aromatic N) is 4. The molecule has 0 aliphatic rings. The largest absolute Gasteiger partial charge is 0.481 e. The van der Waals surface area contributed by atoms with Crippen LogP contribution in [-0.2, 0) is 29.6 Å². The normalized spacial score (nSPS) is 11.8. The molecular formula is C29H34N4O5. The van der Waals surface area contributed by atoms with E-state index in [4.69, 9.17) is 16.4 Å². The highest BCUT2D eigenvalue weighted by molar-refractivity contribution is 6.09. The third-order valence-corrected chi connectivity index (χ3v) is 6.40. The minimum absolute atomic E-state index is 0.0532. The molecule has 38 heavy (non-hydrogen) atoms. The van der Waals surface area contributed by atoms with Gasteiger partial charge in [-0.3, -0.25) is 14.4 Å². The lowest BCUT2D eigenvalue weighted by molar-refractivity contribution is -0.137. The summed E-state index contributed by atoms with van der Waals surface area (Å²) in [6.07, 6.45) is 3.67. The molecule has 200 valence electrons. The lowest BCUT2D eigenvalue weighted by Crippen LogP contribution is -2.21. The molecule has 0 bridgehead atoms. The van der Waals surface area contributed by atoms with Crippen molar-refractivity contribution >= 4 is 34.4 Å². The van der Waals surface area contributed by atoms with Crippen molar-refractivity contribution in [2.75, 3.05) is 20.7 Å². The first-order chi connectivity index (χ1) is 18.1. The molecule has 0 spiro atoms. The van der Waals surface area contributed by atoms with Crippen molar-refractivity contribution in [3.8, 4) is 0 Å². The third kappa shape index (κ3) is 7.05. The monoisotopic (exact) mass is 518 g/mol. The Labute approximate surface area is 222 Å². The molecule has 3 rings (SSSR count). The summed E-state index contributed by atoms with van der Waals surface area (Å²) in [5, 5.41) is 9.73. The Kier molecular flexibility index (Phi) is 9.74. The highest BCUT2D eigenvalue weighted by Crippen LogP contribution is 2.30. The van der Waals surface area contributed by atoms with E-state index in [1.165, 1.54) is 11.1 Å². The molecule has 1 amide bonds. The average Bonchev–Trinajstić information content (AvgIpc) is 3.15. The van der Waals surface area contributed by atoms with Crippen LogP contribution in [0, 0.1) is 12.5 Å². The van der Waals surface area contributed by atoms with Gasteiger partial charge in [-0.25, -0.2) is 9.83 Å². The lowest BCUT2D eigenvalue weighted by Gasteiger charge is -2.12. The van der Waals surface area contributed by atoms with E-state index in [2.05, 4.69) is 9.83 Å². The number of aryl methyl sites for hydroxylation is 1. The van der Waals surface area contributed by atoms with Crippen LogP contribution in [0.3, 0.4) is 0 Å². The van der Waals surface area contributed by atoms with Crippen molar-refractivity contribution in [1.29, 1.82) is 0 Å². The van der Waals surface area contributed by atoms with E-state index < -0.39 is 5.97 Å². The number of aliphatic carboxylic acids is 1. The fourth-order valence-electron chi connectivity index (χ4n) is 4.54. The smallest absolute Gasteiger partial charge is 0.303 e. The van der Waals surface area contributed by atoms with Gasteiger partial charge in [-0.05, 0) is 48.9 Å². The number of fused-ring (bicyclic) bond motifs is 1. The van der Waals surface area contributed by atoms with Crippen LogP contribution < -0.4 is 0 Å². The SMILES string of the molecule is [C-]#[N+]c1cnc2c(c1)c(C(=O)CC(C)CC(=O)O)c(CCCCOCc1cccc(C(=O)N(C)C)c1)n2C. The number of benzene rings is 1. The van der Waals surface area contributed by atoms with Gasteiger partial charge in [-0.15, -0.1) is 0 Å². The molecule has 3 aromatic rings. The third-order valence-electron chi connectivity index (χ3n) is 6.40. The van der Waals surface area contributed by atoms with Crippen LogP contribution in [0.2, 0.25) is 0 Å². The van der Waals surface area contributed by atoms with E-state index in [1.807, 2.05) is 29.8 Å². The van der Waals surface area contributed by atoms with E-state index in [1.54, 1.807) is 33.2 Å². The molecule has 0 aliphatic carbocycles. The topological polar surface area (TPSA) is 106 Å². The summed E-state index contributed by atoms with van der Waals surface area (Å²) >= 11 is 0. The van der Waals surface area contributed by atoms with Crippen LogP contribution in [0.1, 0.15) is 64.6 Å². The van der Waals surface area contributed by atoms with Crippen molar-refractivity contribution in [3.63, 3.8) is 0 Å². The standard InChI is InChI=1S/C29H34N4O5/c1-19(14-26(35)36)13-25(34)27-23-16-22(30-2)17-31-28(23)33(5)24(27)11-6-7-12-38-18-20-9-8-10-21(15-20)29(37)32(3)4/h8-10,15-17,19H,6-7,11-14,18H2,1,3-5H3,(H,35,36). The average molecular weight is 519 g/mol. The van der Waals surface area contributed by atoms with E-state index in [0.29, 0.717) is 47.5 Å². The quantitative estimate of drug-likeness (QED) is 0.193. The number of ether oxygens (including phenoxy) is 1. The molecule has 1 N–H and O–H groups in total. The van der Waals surface area contributed by atoms with Gasteiger partial charge in [0, 0.05) is 69.0 Å². The first kappa shape index (κ1) is 28.5. The number of hydrogen-bond acceptors (Lipinski definition) is 5. The van der Waals surface area contributed by atoms with Gasteiger partial charge in [-0.2, -0.15) is 0 Å². The lowest BCUT2D eigenvalue weighted by atomic mass is 9.94. The van der Waals surface area contributed by atoms with Gasteiger partial charge in [0.05, 0.1) is 13.2 Å². The zero-order valence-corrected chi connectivity index (χ0v) is 22.4. The number of Topliss-reactive ketones (excluding diaryl/α,β-unsaturated/α-hetero) is 1. The number of unbranched alkanes of at least 4 members (excludes halogenated alkanes) is 1. The van der Waals surface area contributed by atoms with Crippen molar-refractivity contribution in [2.45, 2.75) is 45.6 Å². The van der Waals surface area contributed by atoms with Crippen molar-refractivity contribution in [2.24, 2.45) is 13.0 Å². The molecule has 1 aromatic carbocycles. The molecule has 0 saturated carbocycles. The molecule has 1 atom stereocenters. The number of hydrogen-bond donors (Lipinski definition) is 1. The van der Waals surface area contributed by atoms with E-state index in [0.717, 1.165) is 24.1 Å². The summed E-state index contributed by atoms with van der Waals surface area (Å²) in [6, 6.07) is 9.08. The molecule has 9 nitrogen and oxygen atoms in total. The van der Waals surface area contributed by atoms with Crippen molar-refractivity contribution in [3.05, 3.63) is 70.3 Å². The Morgan fingerprint density at radius 3 is 2.63 bits per heavy atom. The zero-order chi connectivity index (χ0) is 27.8. The molecule has 0 radical (unpaired) electrons. The molecule has 2 aromatic heterocycles. The number of pyridine rings is 1. The molecule has 1 unspecified atom stereocenters. The number of rotatable bonds is 13. The highest BCUT2D eigenvalue weighted by atomic mass is 16.5. The molecule has 9 heteroatoms. The predicted molar refractivity (Wildman–Crippen MR) is 144 cm³/mol. The summed E-state index contributed by atoms with van der Waals surface area (Å²) in [5.74, 6) is -1.43. The minimum Gasteiger partial charge on any atom is -0.481 e. The minimum atomic E-state index is -0.934. The number of carboxylic acid groups (broad SMARTS) is 1. The summed E-state index contributed by atoms with van der Waals surface area (Å²) in [5.41, 5.74) is 3.89. The van der Waals surface area contributed by atoms with Gasteiger partial charge >= 0.3 is 5.97 Å². The van der Waals surface area contributed by atoms with Crippen LogP contribution in [0.25, 0.3) is 15.9 Å². The van der Waals surface area contributed by atoms with E-state index >= 15 is 0 Å². The molecule has 0 aliphatic heterocycles. The van der Waals surface area contributed by atoms with Crippen molar-refractivity contribution in [1.82, 2.24) is 14.5 Å². The summed E-state index contributed by atoms with van der Waals surface area (Å²) in [6.45, 7) is 10.0. The van der Waals surface area contributed by atoms with Gasteiger partial charge < -0.3 is 19.3 Å². The van der Waals surface area contributed by atoms with Crippen LogP contribution in [-0.4, -0.2) is 57.9 Å². The van der Waals surface area contributed by atoms with Gasteiger partial charge in [0.25, 0.3) is 5.91 Å². The number of carbonyl (C=O) groups is 3. The molecular weight excluding hydrogens is 484 g/mol. The highest BCUT2D eigenvalue weighted by Gasteiger charge is 2.24. The molecule has 0 fully saturated rings. The van der Waals surface area contributed by atoms with Gasteiger partial charge in [0.2, 0.25) is 5.69 Å². The Balaban J connectivity index is 1.67. The Morgan fingerprint density at radius 2 is 1.95 bits per heavy atom. The second-order valence-electron chi connectivity index (χ2n) is 9.80. The Hall–Kier alpha value is -4.03. The first-order valence-corrected chi connectivity index (χ1v) is 12.6. The fourth-order valence-corrected chi connectivity index (χ4v) is 4.54. The van der Waals surface area contributed by atoms with Gasteiger partial charge in [0.1, 0.15) is 5.65 Å². The van der Waals surface area contributed by atoms with Crippen LogP contribution in [0.5, 0.6) is 0 Å². The maximum Gasteiger partial charge on any atom is 0.303 e. The number of aromatic nitrogens is 2. The summed E-state index contributed by atoms with van der Waals surface area (Å²) < 4.78 is 7.73. The maximum atomic E-state index is 13.3. The van der Waals surface area contributed by atoms with Gasteiger partial charge in [-0.1, -0.05) is 19.1 Å².